The predicted molar refractivity (Wildman–Crippen MR) is 83.9 cm³/mol. The van der Waals surface area contributed by atoms with Crippen molar-refractivity contribution in [3.8, 4) is 0 Å². The van der Waals surface area contributed by atoms with E-state index in [1.54, 1.807) is 18.2 Å². The SMILES string of the molecule is CN1CCc2cc(C(O)c3cc(Cl)ccc3Cl)ccc21. The van der Waals surface area contributed by atoms with Crippen molar-refractivity contribution in [3.63, 3.8) is 0 Å². The van der Waals surface area contributed by atoms with Gasteiger partial charge in [-0.2, -0.15) is 0 Å². The van der Waals surface area contributed by atoms with Gasteiger partial charge in [-0.1, -0.05) is 35.3 Å². The summed E-state index contributed by atoms with van der Waals surface area (Å²) in [5, 5.41) is 11.6. The molecule has 1 aliphatic heterocycles. The van der Waals surface area contributed by atoms with Crippen LogP contribution in [0.2, 0.25) is 10.0 Å². The van der Waals surface area contributed by atoms with Gasteiger partial charge >= 0.3 is 0 Å². The smallest absolute Gasteiger partial charge is 0.106 e. The molecule has 0 fully saturated rings. The Balaban J connectivity index is 1.99. The van der Waals surface area contributed by atoms with E-state index in [4.69, 9.17) is 23.2 Å². The predicted octanol–water partition coefficient (Wildman–Crippen LogP) is 4.07. The quantitative estimate of drug-likeness (QED) is 0.904. The van der Waals surface area contributed by atoms with Gasteiger partial charge in [0.2, 0.25) is 0 Å². The van der Waals surface area contributed by atoms with Crippen LogP contribution in [0.3, 0.4) is 0 Å². The number of benzene rings is 2. The van der Waals surface area contributed by atoms with E-state index in [0.717, 1.165) is 18.5 Å². The molecule has 2 nitrogen and oxygen atoms in total. The van der Waals surface area contributed by atoms with E-state index in [9.17, 15) is 5.11 Å². The number of anilines is 1. The fraction of sp³-hybridized carbons (Fsp3) is 0.250. The number of hydrogen-bond donors (Lipinski definition) is 1. The van der Waals surface area contributed by atoms with Crippen molar-refractivity contribution in [1.82, 2.24) is 0 Å². The molecule has 3 rings (SSSR count). The van der Waals surface area contributed by atoms with Gasteiger partial charge in [0.15, 0.2) is 0 Å². The number of aliphatic hydroxyl groups excluding tert-OH is 1. The molecule has 2 aromatic rings. The molecule has 0 aliphatic carbocycles. The summed E-state index contributed by atoms with van der Waals surface area (Å²) in [5.41, 5.74) is 3.99. The maximum absolute atomic E-state index is 10.5. The van der Waals surface area contributed by atoms with Crippen LogP contribution in [0.5, 0.6) is 0 Å². The summed E-state index contributed by atoms with van der Waals surface area (Å²) >= 11 is 12.1. The zero-order valence-corrected chi connectivity index (χ0v) is 12.6. The Morgan fingerprint density at radius 1 is 1.15 bits per heavy atom. The highest BCUT2D eigenvalue weighted by molar-refractivity contribution is 6.33. The second-order valence-electron chi connectivity index (χ2n) is 5.13. The summed E-state index contributed by atoms with van der Waals surface area (Å²) in [6, 6.07) is 11.2. The minimum absolute atomic E-state index is 0.527. The first kappa shape index (κ1) is 13.7. The largest absolute Gasteiger partial charge is 0.384 e. The van der Waals surface area contributed by atoms with Gasteiger partial charge in [0.25, 0.3) is 0 Å². The molecule has 0 aromatic heterocycles. The number of halogens is 2. The molecule has 1 unspecified atom stereocenters. The molecule has 20 heavy (non-hydrogen) atoms. The third-order valence-electron chi connectivity index (χ3n) is 3.80. The molecule has 4 heteroatoms. The first-order valence-electron chi connectivity index (χ1n) is 6.53. The molecule has 1 heterocycles. The molecular formula is C16H15Cl2NO. The van der Waals surface area contributed by atoms with E-state index < -0.39 is 6.10 Å². The molecule has 1 N–H and O–H groups in total. The summed E-state index contributed by atoms with van der Waals surface area (Å²) in [4.78, 5) is 2.22. The average Bonchev–Trinajstić information content (AvgIpc) is 2.82. The summed E-state index contributed by atoms with van der Waals surface area (Å²) < 4.78 is 0. The lowest BCUT2D eigenvalue weighted by Crippen LogP contribution is -2.12. The van der Waals surface area contributed by atoms with Crippen molar-refractivity contribution in [2.75, 3.05) is 18.5 Å². The summed E-state index contributed by atoms with van der Waals surface area (Å²) in [7, 11) is 2.08. The summed E-state index contributed by atoms with van der Waals surface area (Å²) in [6.45, 7) is 1.02. The van der Waals surface area contributed by atoms with Crippen LogP contribution < -0.4 is 4.90 Å². The highest BCUT2D eigenvalue weighted by atomic mass is 35.5. The van der Waals surface area contributed by atoms with Crippen LogP contribution >= 0.6 is 23.2 Å². The number of fused-ring (bicyclic) bond motifs is 1. The molecular weight excluding hydrogens is 293 g/mol. The molecule has 0 saturated carbocycles. The van der Waals surface area contributed by atoms with Crippen molar-refractivity contribution >= 4 is 28.9 Å². The normalized spacial score (nSPS) is 15.3. The Morgan fingerprint density at radius 3 is 2.75 bits per heavy atom. The van der Waals surface area contributed by atoms with Gasteiger partial charge in [0, 0.05) is 34.9 Å². The van der Waals surface area contributed by atoms with Gasteiger partial charge in [-0.25, -0.2) is 0 Å². The zero-order valence-electron chi connectivity index (χ0n) is 11.1. The van der Waals surface area contributed by atoms with Gasteiger partial charge in [0.1, 0.15) is 6.10 Å². The van der Waals surface area contributed by atoms with Crippen molar-refractivity contribution in [2.24, 2.45) is 0 Å². The maximum atomic E-state index is 10.5. The minimum Gasteiger partial charge on any atom is -0.384 e. The van der Waals surface area contributed by atoms with Crippen LogP contribution in [0.1, 0.15) is 22.8 Å². The lowest BCUT2D eigenvalue weighted by atomic mass is 9.98. The maximum Gasteiger partial charge on any atom is 0.106 e. The van der Waals surface area contributed by atoms with E-state index in [1.807, 2.05) is 6.07 Å². The van der Waals surface area contributed by atoms with Crippen LogP contribution in [0, 0.1) is 0 Å². The van der Waals surface area contributed by atoms with Gasteiger partial charge < -0.3 is 10.0 Å². The molecule has 1 aliphatic rings. The number of likely N-dealkylation sites (N-methyl/N-ethyl adjacent to an activating group) is 1. The Morgan fingerprint density at radius 2 is 1.95 bits per heavy atom. The fourth-order valence-electron chi connectivity index (χ4n) is 2.66. The lowest BCUT2D eigenvalue weighted by molar-refractivity contribution is 0.220. The number of hydrogen-bond acceptors (Lipinski definition) is 2. The molecule has 0 bridgehead atoms. The van der Waals surface area contributed by atoms with Crippen molar-refractivity contribution in [1.29, 1.82) is 0 Å². The number of rotatable bonds is 2. The number of nitrogens with zero attached hydrogens (tertiary/aromatic N) is 1. The van der Waals surface area contributed by atoms with Crippen molar-refractivity contribution in [3.05, 3.63) is 63.1 Å². The Labute approximate surface area is 128 Å². The molecule has 0 saturated heterocycles. The molecule has 2 aromatic carbocycles. The first-order valence-corrected chi connectivity index (χ1v) is 7.29. The molecule has 0 amide bonds. The fourth-order valence-corrected chi connectivity index (χ4v) is 3.06. The molecule has 1 atom stereocenters. The summed E-state index contributed by atoms with van der Waals surface area (Å²) in [5.74, 6) is 0. The van der Waals surface area contributed by atoms with Gasteiger partial charge in [-0.3, -0.25) is 0 Å². The Kier molecular flexibility index (Phi) is 3.63. The highest BCUT2D eigenvalue weighted by Crippen LogP contribution is 2.34. The lowest BCUT2D eigenvalue weighted by Gasteiger charge is -2.16. The van der Waals surface area contributed by atoms with E-state index in [2.05, 4.69) is 24.1 Å². The van der Waals surface area contributed by atoms with Crippen LogP contribution in [0.4, 0.5) is 5.69 Å². The third-order valence-corrected chi connectivity index (χ3v) is 4.38. The third kappa shape index (κ3) is 2.39. The average molecular weight is 308 g/mol. The Hall–Kier alpha value is -1.22. The standard InChI is InChI=1S/C16H15Cl2NO/c1-19-7-6-10-8-11(2-5-15(10)19)16(20)13-9-12(17)3-4-14(13)18/h2-5,8-9,16,20H,6-7H2,1H3. The minimum atomic E-state index is -0.752. The Bertz CT molecular complexity index is 657. The monoisotopic (exact) mass is 307 g/mol. The van der Waals surface area contributed by atoms with Crippen LogP contribution in [0.25, 0.3) is 0 Å². The van der Waals surface area contributed by atoms with E-state index in [0.29, 0.717) is 15.6 Å². The highest BCUT2D eigenvalue weighted by Gasteiger charge is 2.20. The summed E-state index contributed by atoms with van der Waals surface area (Å²) in [6.07, 6.45) is 0.257. The van der Waals surface area contributed by atoms with Gasteiger partial charge in [-0.15, -0.1) is 0 Å². The van der Waals surface area contributed by atoms with Crippen LogP contribution in [-0.4, -0.2) is 18.7 Å². The second-order valence-corrected chi connectivity index (χ2v) is 5.97. The number of aliphatic hydroxyl groups is 1. The van der Waals surface area contributed by atoms with Gasteiger partial charge in [-0.05, 0) is 41.8 Å². The first-order chi connectivity index (χ1) is 9.56. The van der Waals surface area contributed by atoms with Crippen LogP contribution in [-0.2, 0) is 6.42 Å². The van der Waals surface area contributed by atoms with E-state index in [-0.39, 0.29) is 0 Å². The van der Waals surface area contributed by atoms with Crippen LogP contribution in [0.15, 0.2) is 36.4 Å². The topological polar surface area (TPSA) is 23.5 Å². The zero-order chi connectivity index (χ0) is 14.3. The molecule has 0 spiro atoms. The van der Waals surface area contributed by atoms with Gasteiger partial charge in [0.05, 0.1) is 0 Å². The van der Waals surface area contributed by atoms with E-state index >= 15 is 0 Å². The molecule has 104 valence electrons. The van der Waals surface area contributed by atoms with Crippen molar-refractivity contribution in [2.45, 2.75) is 12.5 Å². The van der Waals surface area contributed by atoms with Crippen molar-refractivity contribution < 1.29 is 5.11 Å². The molecule has 0 radical (unpaired) electrons. The second kappa shape index (κ2) is 5.28. The van der Waals surface area contributed by atoms with E-state index in [1.165, 1.54) is 11.3 Å².